The van der Waals surface area contributed by atoms with Crippen LogP contribution in [-0.2, 0) is 26.5 Å². The van der Waals surface area contributed by atoms with E-state index in [4.69, 9.17) is 4.74 Å². The SMILES string of the molecule is COCc1ccccc1NC(=O)CN1C(=O)NC(C)(c2ccc(C)cc2)C1=O. The molecule has 4 amide bonds. The van der Waals surface area contributed by atoms with Crippen LogP contribution in [0.25, 0.3) is 0 Å². The highest BCUT2D eigenvalue weighted by atomic mass is 16.5. The molecule has 0 spiro atoms. The second-order valence-electron chi connectivity index (χ2n) is 6.95. The third-order valence-electron chi connectivity index (χ3n) is 4.80. The number of imide groups is 1. The maximum atomic E-state index is 12.9. The van der Waals surface area contributed by atoms with Gasteiger partial charge in [-0.25, -0.2) is 4.79 Å². The van der Waals surface area contributed by atoms with Crippen molar-refractivity contribution in [1.82, 2.24) is 10.2 Å². The largest absolute Gasteiger partial charge is 0.380 e. The number of nitrogens with zero attached hydrogens (tertiary/aromatic N) is 1. The highest BCUT2D eigenvalue weighted by Crippen LogP contribution is 2.29. The zero-order chi connectivity index (χ0) is 20.3. The molecule has 146 valence electrons. The van der Waals surface area contributed by atoms with Crippen molar-refractivity contribution in [2.45, 2.75) is 26.0 Å². The first-order valence-corrected chi connectivity index (χ1v) is 8.93. The second-order valence-corrected chi connectivity index (χ2v) is 6.95. The van der Waals surface area contributed by atoms with Crippen LogP contribution in [0.5, 0.6) is 0 Å². The molecular formula is C21H23N3O4. The highest BCUT2D eigenvalue weighted by molar-refractivity contribution is 6.10. The first-order valence-electron chi connectivity index (χ1n) is 8.93. The molecule has 1 atom stereocenters. The monoisotopic (exact) mass is 381 g/mol. The van der Waals surface area contributed by atoms with Crippen molar-refractivity contribution in [2.75, 3.05) is 19.0 Å². The van der Waals surface area contributed by atoms with Crippen LogP contribution < -0.4 is 10.6 Å². The summed E-state index contributed by atoms with van der Waals surface area (Å²) in [7, 11) is 1.57. The van der Waals surface area contributed by atoms with Gasteiger partial charge in [0.15, 0.2) is 0 Å². The van der Waals surface area contributed by atoms with Gasteiger partial charge in [-0.1, -0.05) is 48.0 Å². The van der Waals surface area contributed by atoms with E-state index < -0.39 is 23.4 Å². The fourth-order valence-corrected chi connectivity index (χ4v) is 3.18. The van der Waals surface area contributed by atoms with Gasteiger partial charge in [0.25, 0.3) is 5.91 Å². The predicted octanol–water partition coefficient (Wildman–Crippen LogP) is 2.55. The minimum absolute atomic E-state index is 0.338. The van der Waals surface area contributed by atoms with Crippen molar-refractivity contribution in [3.8, 4) is 0 Å². The Kier molecular flexibility index (Phi) is 5.46. The quantitative estimate of drug-likeness (QED) is 0.753. The molecule has 0 saturated carbocycles. The van der Waals surface area contributed by atoms with E-state index in [1.807, 2.05) is 31.2 Å². The number of carbonyl (C=O) groups is 3. The number of rotatable bonds is 6. The van der Waals surface area contributed by atoms with Gasteiger partial charge in [0.05, 0.1) is 6.61 Å². The number of amides is 4. The van der Waals surface area contributed by atoms with Crippen molar-refractivity contribution >= 4 is 23.5 Å². The number of hydrogen-bond donors (Lipinski definition) is 2. The van der Waals surface area contributed by atoms with Gasteiger partial charge in [-0.2, -0.15) is 0 Å². The maximum Gasteiger partial charge on any atom is 0.325 e. The summed E-state index contributed by atoms with van der Waals surface area (Å²) in [6, 6.07) is 14.0. The van der Waals surface area contributed by atoms with Crippen LogP contribution in [0.2, 0.25) is 0 Å². The highest BCUT2D eigenvalue weighted by Gasteiger charge is 2.49. The lowest BCUT2D eigenvalue weighted by Crippen LogP contribution is -2.42. The second kappa shape index (κ2) is 7.82. The lowest BCUT2D eigenvalue weighted by atomic mass is 9.91. The van der Waals surface area contributed by atoms with E-state index in [2.05, 4.69) is 10.6 Å². The van der Waals surface area contributed by atoms with Crippen molar-refractivity contribution < 1.29 is 19.1 Å². The third-order valence-corrected chi connectivity index (χ3v) is 4.80. The Labute approximate surface area is 163 Å². The molecule has 0 aliphatic carbocycles. The van der Waals surface area contributed by atoms with Crippen LogP contribution in [0.4, 0.5) is 10.5 Å². The molecule has 1 aliphatic rings. The zero-order valence-corrected chi connectivity index (χ0v) is 16.1. The Morgan fingerprint density at radius 2 is 1.82 bits per heavy atom. The Bertz CT molecular complexity index is 910. The molecule has 7 heteroatoms. The summed E-state index contributed by atoms with van der Waals surface area (Å²) in [4.78, 5) is 38.7. The normalized spacial score (nSPS) is 18.9. The number of para-hydroxylation sites is 1. The number of ether oxygens (including phenoxy) is 1. The molecule has 7 nitrogen and oxygen atoms in total. The third kappa shape index (κ3) is 3.75. The molecule has 0 aromatic heterocycles. The van der Waals surface area contributed by atoms with Crippen LogP contribution in [-0.4, -0.2) is 36.4 Å². The standard InChI is InChI=1S/C21H23N3O4/c1-14-8-10-16(11-9-14)21(2)19(26)24(20(27)23-21)12-18(25)22-17-7-5-4-6-15(17)13-28-3/h4-11H,12-13H2,1-3H3,(H,22,25)(H,23,27). The van der Waals surface area contributed by atoms with Gasteiger partial charge in [-0.05, 0) is 25.5 Å². The Balaban J connectivity index is 1.74. The van der Waals surface area contributed by atoms with Crippen LogP contribution in [0, 0.1) is 6.92 Å². The maximum absolute atomic E-state index is 12.9. The van der Waals surface area contributed by atoms with Crippen LogP contribution in [0.1, 0.15) is 23.6 Å². The number of carbonyl (C=O) groups excluding carboxylic acids is 3. The lowest BCUT2D eigenvalue weighted by Gasteiger charge is -2.22. The minimum Gasteiger partial charge on any atom is -0.380 e. The summed E-state index contributed by atoms with van der Waals surface area (Å²) in [5.74, 6) is -0.915. The molecule has 1 fully saturated rings. The topological polar surface area (TPSA) is 87.7 Å². The molecule has 0 bridgehead atoms. The van der Waals surface area contributed by atoms with Crippen molar-refractivity contribution in [3.05, 3.63) is 65.2 Å². The Morgan fingerprint density at radius 1 is 1.14 bits per heavy atom. The number of anilines is 1. The fourth-order valence-electron chi connectivity index (χ4n) is 3.18. The predicted molar refractivity (Wildman–Crippen MR) is 105 cm³/mol. The van der Waals surface area contributed by atoms with Gasteiger partial charge in [0.1, 0.15) is 12.1 Å². The smallest absolute Gasteiger partial charge is 0.325 e. The molecule has 1 aliphatic heterocycles. The molecule has 1 heterocycles. The lowest BCUT2D eigenvalue weighted by molar-refractivity contribution is -0.133. The number of nitrogens with one attached hydrogen (secondary N) is 2. The van der Waals surface area contributed by atoms with Crippen molar-refractivity contribution in [2.24, 2.45) is 0 Å². The van der Waals surface area contributed by atoms with Gasteiger partial charge in [0.2, 0.25) is 5.91 Å². The summed E-state index contributed by atoms with van der Waals surface area (Å²) in [6.07, 6.45) is 0. The summed E-state index contributed by atoms with van der Waals surface area (Å²) in [5, 5.41) is 5.45. The van der Waals surface area contributed by atoms with Gasteiger partial charge in [-0.15, -0.1) is 0 Å². The number of methoxy groups -OCH3 is 1. The Hall–Kier alpha value is -3.19. The van der Waals surface area contributed by atoms with Gasteiger partial charge in [-0.3, -0.25) is 14.5 Å². The Morgan fingerprint density at radius 3 is 2.50 bits per heavy atom. The summed E-state index contributed by atoms with van der Waals surface area (Å²) < 4.78 is 5.12. The van der Waals surface area contributed by atoms with Gasteiger partial charge < -0.3 is 15.4 Å². The van der Waals surface area contributed by atoms with Crippen molar-refractivity contribution in [3.63, 3.8) is 0 Å². The minimum atomic E-state index is -1.20. The number of hydrogen-bond acceptors (Lipinski definition) is 4. The number of benzene rings is 2. The molecular weight excluding hydrogens is 358 g/mol. The molecule has 2 aromatic rings. The average Bonchev–Trinajstić information content (AvgIpc) is 2.88. The molecule has 3 rings (SSSR count). The first kappa shape index (κ1) is 19.6. The van der Waals surface area contributed by atoms with E-state index >= 15 is 0 Å². The van der Waals surface area contributed by atoms with Crippen LogP contribution in [0.15, 0.2) is 48.5 Å². The number of urea groups is 1. The zero-order valence-electron chi connectivity index (χ0n) is 16.1. The number of aryl methyl sites for hydroxylation is 1. The van der Waals surface area contributed by atoms with E-state index in [9.17, 15) is 14.4 Å². The molecule has 1 saturated heterocycles. The van der Waals surface area contributed by atoms with E-state index in [-0.39, 0.29) is 6.54 Å². The molecule has 1 unspecified atom stereocenters. The van der Waals surface area contributed by atoms with E-state index in [1.54, 1.807) is 38.3 Å². The summed E-state index contributed by atoms with van der Waals surface area (Å²) >= 11 is 0. The van der Waals surface area contributed by atoms with E-state index in [1.165, 1.54) is 0 Å². The van der Waals surface area contributed by atoms with Crippen LogP contribution >= 0.6 is 0 Å². The van der Waals surface area contributed by atoms with E-state index in [0.717, 1.165) is 16.0 Å². The summed E-state index contributed by atoms with van der Waals surface area (Å²) in [6.45, 7) is 3.56. The molecule has 2 N–H and O–H groups in total. The van der Waals surface area contributed by atoms with Crippen LogP contribution in [0.3, 0.4) is 0 Å². The summed E-state index contributed by atoms with van der Waals surface area (Å²) in [5.41, 5.74) is 1.92. The molecule has 28 heavy (non-hydrogen) atoms. The average molecular weight is 381 g/mol. The van der Waals surface area contributed by atoms with Crippen molar-refractivity contribution in [1.29, 1.82) is 0 Å². The van der Waals surface area contributed by atoms with Gasteiger partial charge >= 0.3 is 6.03 Å². The van der Waals surface area contributed by atoms with E-state index in [0.29, 0.717) is 17.9 Å². The first-order chi connectivity index (χ1) is 13.3. The molecule has 2 aromatic carbocycles. The fraction of sp³-hybridized carbons (Fsp3) is 0.286. The van der Waals surface area contributed by atoms with Gasteiger partial charge in [0, 0.05) is 18.4 Å². The molecule has 0 radical (unpaired) electrons.